The van der Waals surface area contributed by atoms with Crippen molar-refractivity contribution in [2.75, 3.05) is 19.6 Å². The molecular weight excluding hydrogens is 266 g/mol. The molecule has 1 aliphatic rings. The van der Waals surface area contributed by atoms with E-state index in [4.69, 9.17) is 0 Å². The van der Waals surface area contributed by atoms with E-state index in [1.807, 2.05) is 35.2 Å². The van der Waals surface area contributed by atoms with E-state index < -0.39 is 0 Å². The van der Waals surface area contributed by atoms with Crippen molar-refractivity contribution in [3.05, 3.63) is 48.0 Å². The quantitative estimate of drug-likeness (QED) is 0.898. The minimum atomic E-state index is -0.0137. The van der Waals surface area contributed by atoms with Gasteiger partial charge < -0.3 is 10.2 Å². The van der Waals surface area contributed by atoms with E-state index in [9.17, 15) is 4.79 Å². The van der Waals surface area contributed by atoms with Crippen LogP contribution in [-0.2, 0) is 0 Å². The average Bonchev–Trinajstić information content (AvgIpc) is 3.22. The van der Waals surface area contributed by atoms with Gasteiger partial charge in [-0.3, -0.25) is 5.10 Å². The molecule has 1 atom stereocenters. The Balaban J connectivity index is 1.70. The molecule has 0 radical (unpaired) electrons. The predicted molar refractivity (Wildman–Crippen MR) is 78.9 cm³/mol. The van der Waals surface area contributed by atoms with E-state index in [2.05, 4.69) is 20.5 Å². The number of carbonyl (C=O) groups is 1. The fourth-order valence-electron chi connectivity index (χ4n) is 2.66. The van der Waals surface area contributed by atoms with Gasteiger partial charge in [0.1, 0.15) is 12.2 Å². The average molecular weight is 285 g/mol. The third-order valence-electron chi connectivity index (χ3n) is 3.82. The Hall–Kier alpha value is -2.37. The number of hydrogen-bond acceptors (Lipinski definition) is 3. The molecule has 2 heterocycles. The molecule has 1 saturated heterocycles. The second kappa shape index (κ2) is 6.39. The van der Waals surface area contributed by atoms with Crippen molar-refractivity contribution >= 4 is 6.03 Å². The van der Waals surface area contributed by atoms with Crippen LogP contribution in [0, 0.1) is 0 Å². The van der Waals surface area contributed by atoms with Crippen LogP contribution in [0.15, 0.2) is 36.7 Å². The second-order valence-electron chi connectivity index (χ2n) is 5.21. The highest BCUT2D eigenvalue weighted by atomic mass is 16.2. The lowest BCUT2D eigenvalue weighted by atomic mass is 9.98. The summed E-state index contributed by atoms with van der Waals surface area (Å²) in [5, 5.41) is 9.83. The minimum absolute atomic E-state index is 0.00736. The Bertz CT molecular complexity index is 563. The molecule has 1 aromatic heterocycles. The summed E-state index contributed by atoms with van der Waals surface area (Å²) in [4.78, 5) is 18.2. The summed E-state index contributed by atoms with van der Waals surface area (Å²) in [5.41, 5.74) is 1.11. The summed E-state index contributed by atoms with van der Waals surface area (Å²) in [7, 11) is 0. The zero-order valence-corrected chi connectivity index (χ0v) is 11.8. The number of aromatic nitrogens is 3. The van der Waals surface area contributed by atoms with Crippen LogP contribution in [0.4, 0.5) is 4.79 Å². The van der Waals surface area contributed by atoms with Gasteiger partial charge in [-0.05, 0) is 18.4 Å². The minimum Gasteiger partial charge on any atom is -0.337 e. The van der Waals surface area contributed by atoms with Crippen LogP contribution in [0.5, 0.6) is 0 Å². The maximum Gasteiger partial charge on any atom is 0.317 e. The number of rotatable bonds is 4. The number of urea groups is 1. The molecular formula is C15H19N5O. The number of amides is 2. The molecule has 2 amide bonds. The number of nitrogens with one attached hydrogen (secondary N) is 2. The summed E-state index contributed by atoms with van der Waals surface area (Å²) in [6.45, 7) is 2.21. The Labute approximate surface area is 123 Å². The largest absolute Gasteiger partial charge is 0.337 e. The van der Waals surface area contributed by atoms with E-state index in [0.29, 0.717) is 6.54 Å². The predicted octanol–water partition coefficient (Wildman–Crippen LogP) is 1.74. The monoisotopic (exact) mass is 285 g/mol. The number of aromatic amines is 1. The first-order valence-corrected chi connectivity index (χ1v) is 7.27. The van der Waals surface area contributed by atoms with Gasteiger partial charge in [0.2, 0.25) is 0 Å². The summed E-state index contributed by atoms with van der Waals surface area (Å²) in [6, 6.07) is 10.0. The number of benzene rings is 1. The lowest BCUT2D eigenvalue weighted by Gasteiger charge is -2.20. The van der Waals surface area contributed by atoms with Crippen LogP contribution >= 0.6 is 0 Å². The number of H-pyrrole nitrogens is 1. The third-order valence-corrected chi connectivity index (χ3v) is 3.82. The van der Waals surface area contributed by atoms with Gasteiger partial charge in [-0.1, -0.05) is 30.3 Å². The van der Waals surface area contributed by atoms with Crippen LogP contribution in [0.1, 0.15) is 30.1 Å². The van der Waals surface area contributed by atoms with Crippen molar-refractivity contribution in [1.82, 2.24) is 25.4 Å². The molecule has 21 heavy (non-hydrogen) atoms. The lowest BCUT2D eigenvalue weighted by molar-refractivity contribution is 0.208. The van der Waals surface area contributed by atoms with Gasteiger partial charge in [0.05, 0.1) is 5.92 Å². The highest BCUT2D eigenvalue weighted by molar-refractivity contribution is 5.74. The molecule has 0 saturated carbocycles. The number of carbonyl (C=O) groups excluding carboxylic acids is 1. The van der Waals surface area contributed by atoms with E-state index in [-0.39, 0.29) is 11.9 Å². The van der Waals surface area contributed by atoms with Gasteiger partial charge in [-0.15, -0.1) is 0 Å². The van der Waals surface area contributed by atoms with Crippen molar-refractivity contribution in [3.63, 3.8) is 0 Å². The summed E-state index contributed by atoms with van der Waals surface area (Å²) in [5.74, 6) is 0.753. The zero-order valence-electron chi connectivity index (χ0n) is 11.8. The van der Waals surface area contributed by atoms with Gasteiger partial charge >= 0.3 is 6.03 Å². The molecule has 1 aromatic carbocycles. The van der Waals surface area contributed by atoms with E-state index in [0.717, 1.165) is 37.3 Å². The summed E-state index contributed by atoms with van der Waals surface area (Å²) >= 11 is 0. The summed E-state index contributed by atoms with van der Waals surface area (Å²) in [6.07, 6.45) is 3.68. The Morgan fingerprint density at radius 3 is 2.71 bits per heavy atom. The van der Waals surface area contributed by atoms with Crippen LogP contribution in [0.3, 0.4) is 0 Å². The number of nitrogens with zero attached hydrogens (tertiary/aromatic N) is 3. The number of likely N-dealkylation sites (tertiary alicyclic amines) is 1. The van der Waals surface area contributed by atoms with Gasteiger partial charge in [-0.2, -0.15) is 5.10 Å². The molecule has 110 valence electrons. The first-order valence-electron chi connectivity index (χ1n) is 7.27. The molecule has 1 aliphatic heterocycles. The van der Waals surface area contributed by atoms with Gasteiger partial charge in [-0.25, -0.2) is 9.78 Å². The topological polar surface area (TPSA) is 73.9 Å². The second-order valence-corrected chi connectivity index (χ2v) is 5.21. The van der Waals surface area contributed by atoms with E-state index in [1.165, 1.54) is 6.33 Å². The van der Waals surface area contributed by atoms with Crippen molar-refractivity contribution in [2.24, 2.45) is 0 Å². The highest BCUT2D eigenvalue weighted by Gasteiger charge is 2.21. The van der Waals surface area contributed by atoms with Crippen LogP contribution < -0.4 is 5.32 Å². The molecule has 0 bridgehead atoms. The Kier molecular flexibility index (Phi) is 4.14. The highest BCUT2D eigenvalue weighted by Crippen LogP contribution is 2.20. The molecule has 0 spiro atoms. The molecule has 1 unspecified atom stereocenters. The van der Waals surface area contributed by atoms with Gasteiger partial charge in [0.25, 0.3) is 0 Å². The van der Waals surface area contributed by atoms with Crippen LogP contribution in [0.2, 0.25) is 0 Å². The standard InChI is InChI=1S/C15H19N5O/c21-15(20-8-4-5-9-20)16-10-13(14-17-11-18-19-14)12-6-2-1-3-7-12/h1-3,6-7,11,13H,4-5,8-10H2,(H,16,21)(H,17,18,19). The fraction of sp³-hybridized carbons (Fsp3) is 0.400. The van der Waals surface area contributed by atoms with Crippen molar-refractivity contribution in [1.29, 1.82) is 0 Å². The van der Waals surface area contributed by atoms with Crippen LogP contribution in [-0.4, -0.2) is 45.7 Å². The normalized spacial score (nSPS) is 15.9. The number of hydrogen-bond donors (Lipinski definition) is 2. The van der Waals surface area contributed by atoms with Crippen LogP contribution in [0.25, 0.3) is 0 Å². The summed E-state index contributed by atoms with van der Waals surface area (Å²) < 4.78 is 0. The van der Waals surface area contributed by atoms with E-state index in [1.54, 1.807) is 0 Å². The Morgan fingerprint density at radius 1 is 1.29 bits per heavy atom. The smallest absolute Gasteiger partial charge is 0.317 e. The first-order chi connectivity index (χ1) is 10.3. The first kappa shape index (κ1) is 13.6. The molecule has 0 aliphatic carbocycles. The lowest BCUT2D eigenvalue weighted by Crippen LogP contribution is -2.40. The van der Waals surface area contributed by atoms with Gasteiger partial charge in [0, 0.05) is 19.6 Å². The maximum atomic E-state index is 12.1. The SMILES string of the molecule is O=C(NCC(c1ccccc1)c1ncn[nH]1)N1CCCC1. The Morgan fingerprint density at radius 2 is 2.05 bits per heavy atom. The van der Waals surface area contributed by atoms with Crippen molar-refractivity contribution < 1.29 is 4.79 Å². The molecule has 6 heteroatoms. The molecule has 2 aromatic rings. The fourth-order valence-corrected chi connectivity index (χ4v) is 2.66. The molecule has 1 fully saturated rings. The van der Waals surface area contributed by atoms with E-state index >= 15 is 0 Å². The molecule has 6 nitrogen and oxygen atoms in total. The molecule has 2 N–H and O–H groups in total. The third kappa shape index (κ3) is 3.21. The van der Waals surface area contributed by atoms with Gasteiger partial charge in [0.15, 0.2) is 0 Å². The van der Waals surface area contributed by atoms with Crippen molar-refractivity contribution in [2.45, 2.75) is 18.8 Å². The van der Waals surface area contributed by atoms with Crippen molar-refractivity contribution in [3.8, 4) is 0 Å². The molecule has 3 rings (SSSR count). The zero-order chi connectivity index (χ0) is 14.5. The maximum absolute atomic E-state index is 12.1.